The Hall–Kier alpha value is -1.70. The van der Waals surface area contributed by atoms with E-state index < -0.39 is 0 Å². The fourth-order valence-corrected chi connectivity index (χ4v) is 2.10. The molecule has 96 valence electrons. The largest absolute Gasteiger partial charge is 0.354 e. The fraction of sp³-hybridized carbons (Fsp3) is 0.500. The van der Waals surface area contributed by atoms with Crippen LogP contribution in [0.1, 0.15) is 19.0 Å². The highest BCUT2D eigenvalue weighted by molar-refractivity contribution is 7.99. The van der Waals surface area contributed by atoms with E-state index in [2.05, 4.69) is 37.7 Å². The first-order chi connectivity index (χ1) is 8.69. The number of hydrogen-bond donors (Lipinski definition) is 1. The summed E-state index contributed by atoms with van der Waals surface area (Å²) in [6, 6.07) is 1.91. The van der Waals surface area contributed by atoms with Crippen molar-refractivity contribution in [2.45, 2.75) is 30.5 Å². The zero-order chi connectivity index (χ0) is 13.0. The number of hydrogen-bond acceptors (Lipinski definition) is 7. The molecule has 0 aliphatic rings. The number of aromatic nitrogens is 6. The van der Waals surface area contributed by atoms with Crippen molar-refractivity contribution in [1.82, 2.24) is 30.2 Å². The van der Waals surface area contributed by atoms with E-state index in [1.165, 1.54) is 11.8 Å². The Balaban J connectivity index is 2.17. The molecule has 0 unspecified atom stereocenters. The molecule has 0 fully saturated rings. The molecule has 2 rings (SSSR count). The molecule has 0 saturated carbocycles. The topological polar surface area (TPSA) is 81.4 Å². The number of nitrogens with zero attached hydrogens (tertiary/aromatic N) is 6. The summed E-state index contributed by atoms with van der Waals surface area (Å²) in [6.07, 6.45) is 1.03. The van der Waals surface area contributed by atoms with Crippen LogP contribution in [0, 0.1) is 6.92 Å². The third kappa shape index (κ3) is 3.16. The maximum absolute atomic E-state index is 4.42. The van der Waals surface area contributed by atoms with Gasteiger partial charge in [-0.1, -0.05) is 6.92 Å². The van der Waals surface area contributed by atoms with Gasteiger partial charge < -0.3 is 5.32 Å². The van der Waals surface area contributed by atoms with Gasteiger partial charge in [0, 0.05) is 19.3 Å². The van der Waals surface area contributed by atoms with Crippen LogP contribution in [0.4, 0.5) is 5.95 Å². The molecule has 0 atom stereocenters. The lowest BCUT2D eigenvalue weighted by atomic mass is 10.4. The number of rotatable bonds is 5. The quantitative estimate of drug-likeness (QED) is 0.815. The van der Waals surface area contributed by atoms with Crippen LogP contribution in [0.25, 0.3) is 0 Å². The third-order valence-electron chi connectivity index (χ3n) is 2.14. The second-order valence-electron chi connectivity index (χ2n) is 3.79. The first-order valence-electron chi connectivity index (χ1n) is 5.69. The summed E-state index contributed by atoms with van der Waals surface area (Å²) in [7, 11) is 1.80. The molecule has 0 radical (unpaired) electrons. The minimum absolute atomic E-state index is 0.648. The molecule has 18 heavy (non-hydrogen) atoms. The first kappa shape index (κ1) is 12.7. The Morgan fingerprint density at radius 2 is 2.22 bits per heavy atom. The standard InChI is InChI=1S/C10H15N7S/c1-4-5-11-9-12-7(2)6-8(13-9)18-10-14-15-16-17(10)3/h6H,4-5H2,1-3H3,(H,11,12,13). The molecular formula is C10H15N7S. The molecule has 0 bridgehead atoms. The molecule has 0 saturated heterocycles. The highest BCUT2D eigenvalue weighted by atomic mass is 32.2. The van der Waals surface area contributed by atoms with E-state index >= 15 is 0 Å². The van der Waals surface area contributed by atoms with E-state index in [0.29, 0.717) is 11.1 Å². The molecule has 0 amide bonds. The average Bonchev–Trinajstić information content (AvgIpc) is 2.72. The summed E-state index contributed by atoms with van der Waals surface area (Å²) in [5, 5.41) is 16.0. The van der Waals surface area contributed by atoms with Crippen molar-refractivity contribution in [3.8, 4) is 0 Å². The van der Waals surface area contributed by atoms with Gasteiger partial charge >= 0.3 is 0 Å². The lowest BCUT2D eigenvalue weighted by Crippen LogP contribution is -2.05. The number of tetrazole rings is 1. The van der Waals surface area contributed by atoms with Crippen LogP contribution in [0.2, 0.25) is 0 Å². The molecule has 2 heterocycles. The van der Waals surface area contributed by atoms with Crippen molar-refractivity contribution >= 4 is 17.7 Å². The SMILES string of the molecule is CCCNc1nc(C)cc(Sc2nnnn2C)n1. The molecule has 0 aliphatic carbocycles. The van der Waals surface area contributed by atoms with E-state index in [1.54, 1.807) is 11.7 Å². The molecule has 1 N–H and O–H groups in total. The normalized spacial score (nSPS) is 10.6. The molecule has 2 aromatic rings. The second kappa shape index (κ2) is 5.76. The van der Waals surface area contributed by atoms with E-state index in [4.69, 9.17) is 0 Å². The minimum atomic E-state index is 0.648. The van der Waals surface area contributed by atoms with Crippen LogP contribution in [0.5, 0.6) is 0 Å². The number of aryl methyl sites for hydroxylation is 2. The first-order valence-corrected chi connectivity index (χ1v) is 6.50. The van der Waals surface area contributed by atoms with Gasteiger partial charge in [0.05, 0.1) is 0 Å². The van der Waals surface area contributed by atoms with Crippen LogP contribution >= 0.6 is 11.8 Å². The van der Waals surface area contributed by atoms with Crippen molar-refractivity contribution in [3.63, 3.8) is 0 Å². The predicted molar refractivity (Wildman–Crippen MR) is 68.5 cm³/mol. The van der Waals surface area contributed by atoms with Crippen LogP contribution < -0.4 is 5.32 Å². The van der Waals surface area contributed by atoms with Gasteiger partial charge in [-0.3, -0.25) is 0 Å². The number of anilines is 1. The van der Waals surface area contributed by atoms with Gasteiger partial charge in [0.2, 0.25) is 11.1 Å². The van der Waals surface area contributed by atoms with E-state index in [0.717, 1.165) is 23.7 Å². The zero-order valence-corrected chi connectivity index (χ0v) is 11.4. The van der Waals surface area contributed by atoms with Gasteiger partial charge in [-0.2, -0.15) is 0 Å². The number of nitrogens with one attached hydrogen (secondary N) is 1. The van der Waals surface area contributed by atoms with Crippen LogP contribution in [-0.2, 0) is 7.05 Å². The van der Waals surface area contributed by atoms with Gasteiger partial charge in [-0.05, 0) is 41.6 Å². The van der Waals surface area contributed by atoms with E-state index in [-0.39, 0.29) is 0 Å². The highest BCUT2D eigenvalue weighted by Crippen LogP contribution is 2.24. The Kier molecular flexibility index (Phi) is 4.08. The smallest absolute Gasteiger partial charge is 0.223 e. The lowest BCUT2D eigenvalue weighted by Gasteiger charge is -2.06. The minimum Gasteiger partial charge on any atom is -0.354 e. The average molecular weight is 265 g/mol. The fourth-order valence-electron chi connectivity index (χ4n) is 1.31. The van der Waals surface area contributed by atoms with Crippen LogP contribution in [0.15, 0.2) is 16.2 Å². The molecule has 0 spiro atoms. The van der Waals surface area contributed by atoms with E-state index in [1.807, 2.05) is 13.0 Å². The van der Waals surface area contributed by atoms with Crippen molar-refractivity contribution in [2.75, 3.05) is 11.9 Å². The second-order valence-corrected chi connectivity index (χ2v) is 4.77. The van der Waals surface area contributed by atoms with E-state index in [9.17, 15) is 0 Å². The summed E-state index contributed by atoms with van der Waals surface area (Å²) in [5.41, 5.74) is 0.918. The Morgan fingerprint density at radius 3 is 2.89 bits per heavy atom. The summed E-state index contributed by atoms with van der Waals surface area (Å²) < 4.78 is 1.61. The van der Waals surface area contributed by atoms with Gasteiger partial charge in [0.15, 0.2) is 0 Å². The summed E-state index contributed by atoms with van der Waals surface area (Å²) in [6.45, 7) is 4.90. The molecule has 8 heteroatoms. The van der Waals surface area contributed by atoms with Gasteiger partial charge in [0.25, 0.3) is 0 Å². The van der Waals surface area contributed by atoms with Gasteiger partial charge in [-0.15, -0.1) is 5.10 Å². The van der Waals surface area contributed by atoms with Crippen molar-refractivity contribution < 1.29 is 0 Å². The Morgan fingerprint density at radius 1 is 1.39 bits per heavy atom. The Labute approximate surface area is 109 Å². The third-order valence-corrected chi connectivity index (χ3v) is 3.09. The zero-order valence-electron chi connectivity index (χ0n) is 10.6. The molecular weight excluding hydrogens is 250 g/mol. The highest BCUT2D eigenvalue weighted by Gasteiger charge is 2.08. The van der Waals surface area contributed by atoms with Crippen molar-refractivity contribution in [1.29, 1.82) is 0 Å². The monoisotopic (exact) mass is 265 g/mol. The maximum atomic E-state index is 4.42. The Bertz CT molecular complexity index is 525. The summed E-state index contributed by atoms with van der Waals surface area (Å²) in [4.78, 5) is 8.75. The van der Waals surface area contributed by atoms with Gasteiger partial charge in [-0.25, -0.2) is 14.6 Å². The molecule has 2 aromatic heterocycles. The van der Waals surface area contributed by atoms with Crippen LogP contribution in [0.3, 0.4) is 0 Å². The molecule has 7 nitrogen and oxygen atoms in total. The lowest BCUT2D eigenvalue weighted by molar-refractivity contribution is 0.664. The van der Waals surface area contributed by atoms with Crippen molar-refractivity contribution in [3.05, 3.63) is 11.8 Å². The predicted octanol–water partition coefficient (Wildman–Crippen LogP) is 1.28. The molecule has 0 aliphatic heterocycles. The van der Waals surface area contributed by atoms with Gasteiger partial charge in [0.1, 0.15) is 5.03 Å². The summed E-state index contributed by atoms with van der Waals surface area (Å²) >= 11 is 1.42. The van der Waals surface area contributed by atoms with Crippen LogP contribution in [-0.4, -0.2) is 36.7 Å². The molecule has 0 aromatic carbocycles. The summed E-state index contributed by atoms with van der Waals surface area (Å²) in [5.74, 6) is 0.648. The van der Waals surface area contributed by atoms with Crippen molar-refractivity contribution in [2.24, 2.45) is 7.05 Å². The maximum Gasteiger partial charge on any atom is 0.223 e.